The summed E-state index contributed by atoms with van der Waals surface area (Å²) in [5.41, 5.74) is 0. The van der Waals surface area contributed by atoms with Gasteiger partial charge in [0.05, 0.1) is 6.61 Å². The molecule has 0 aromatic carbocycles. The standard InChI is InChI=1S/C11H19N3O2S2/c1-5-16-9(15)8(4)17-11-14-13-10(18-11)12-6-7(2)3/h7-8H,5-6H2,1-4H3,(H,12,13). The number of carbonyl (C=O) groups excluding carboxylic acids is 1. The maximum atomic E-state index is 11.5. The molecule has 0 spiro atoms. The van der Waals surface area contributed by atoms with Crippen LogP contribution in [0, 0.1) is 5.92 Å². The number of ether oxygens (including phenoxy) is 1. The van der Waals surface area contributed by atoms with Gasteiger partial charge in [-0.1, -0.05) is 36.9 Å². The molecular formula is C11H19N3O2S2. The molecule has 1 heterocycles. The molecule has 1 N–H and O–H groups in total. The predicted molar refractivity (Wildman–Crippen MR) is 75.2 cm³/mol. The first kappa shape index (κ1) is 15.2. The van der Waals surface area contributed by atoms with Crippen LogP contribution in [-0.2, 0) is 9.53 Å². The fourth-order valence-corrected chi connectivity index (χ4v) is 2.98. The van der Waals surface area contributed by atoms with E-state index in [2.05, 4.69) is 29.4 Å². The topological polar surface area (TPSA) is 64.1 Å². The molecule has 0 fully saturated rings. The lowest BCUT2D eigenvalue weighted by atomic mass is 10.2. The largest absolute Gasteiger partial charge is 0.465 e. The number of aromatic nitrogens is 2. The number of thioether (sulfide) groups is 1. The van der Waals surface area contributed by atoms with Crippen LogP contribution >= 0.6 is 23.1 Å². The smallest absolute Gasteiger partial charge is 0.319 e. The quantitative estimate of drug-likeness (QED) is 0.615. The van der Waals surface area contributed by atoms with Gasteiger partial charge in [0.2, 0.25) is 5.13 Å². The molecule has 1 unspecified atom stereocenters. The zero-order valence-corrected chi connectivity index (χ0v) is 12.7. The van der Waals surface area contributed by atoms with E-state index in [1.54, 1.807) is 6.92 Å². The molecular weight excluding hydrogens is 270 g/mol. The summed E-state index contributed by atoms with van der Waals surface area (Å²) in [7, 11) is 0. The molecule has 1 atom stereocenters. The molecule has 0 aliphatic heterocycles. The fraction of sp³-hybridized carbons (Fsp3) is 0.727. The van der Waals surface area contributed by atoms with Gasteiger partial charge in [-0.05, 0) is 19.8 Å². The van der Waals surface area contributed by atoms with Gasteiger partial charge in [-0.25, -0.2) is 0 Å². The Morgan fingerprint density at radius 2 is 2.17 bits per heavy atom. The Kier molecular flexibility index (Phi) is 6.42. The van der Waals surface area contributed by atoms with Crippen molar-refractivity contribution >= 4 is 34.2 Å². The summed E-state index contributed by atoms with van der Waals surface area (Å²) in [4.78, 5) is 11.5. The average Bonchev–Trinajstić information content (AvgIpc) is 2.74. The molecule has 1 rings (SSSR count). The average molecular weight is 289 g/mol. The van der Waals surface area contributed by atoms with Crippen molar-refractivity contribution in [2.45, 2.75) is 37.3 Å². The summed E-state index contributed by atoms with van der Waals surface area (Å²) in [5, 5.41) is 11.8. The van der Waals surface area contributed by atoms with Crippen molar-refractivity contribution in [1.29, 1.82) is 0 Å². The number of hydrogen-bond donors (Lipinski definition) is 1. The van der Waals surface area contributed by atoms with Crippen molar-refractivity contribution in [3.63, 3.8) is 0 Å². The van der Waals surface area contributed by atoms with Gasteiger partial charge >= 0.3 is 5.97 Å². The van der Waals surface area contributed by atoms with E-state index in [0.29, 0.717) is 12.5 Å². The summed E-state index contributed by atoms with van der Waals surface area (Å²) in [5.74, 6) is 0.345. The van der Waals surface area contributed by atoms with Crippen molar-refractivity contribution in [2.75, 3.05) is 18.5 Å². The molecule has 0 amide bonds. The Balaban J connectivity index is 2.45. The molecule has 0 aliphatic rings. The van der Waals surface area contributed by atoms with Crippen LogP contribution in [-0.4, -0.2) is 34.6 Å². The van der Waals surface area contributed by atoms with Crippen LogP contribution in [0.1, 0.15) is 27.7 Å². The van der Waals surface area contributed by atoms with Crippen molar-refractivity contribution < 1.29 is 9.53 Å². The molecule has 18 heavy (non-hydrogen) atoms. The van der Waals surface area contributed by atoms with E-state index in [0.717, 1.165) is 16.0 Å². The van der Waals surface area contributed by atoms with Gasteiger partial charge in [-0.2, -0.15) is 0 Å². The van der Waals surface area contributed by atoms with Crippen LogP contribution < -0.4 is 5.32 Å². The number of hydrogen-bond acceptors (Lipinski definition) is 7. The van der Waals surface area contributed by atoms with Crippen molar-refractivity contribution in [1.82, 2.24) is 10.2 Å². The first-order valence-corrected chi connectivity index (χ1v) is 7.63. The minimum absolute atomic E-state index is 0.214. The summed E-state index contributed by atoms with van der Waals surface area (Å²) in [6, 6.07) is 0. The number of nitrogens with one attached hydrogen (secondary N) is 1. The van der Waals surface area contributed by atoms with Crippen LogP contribution in [0.5, 0.6) is 0 Å². The maximum Gasteiger partial charge on any atom is 0.319 e. The third-order valence-electron chi connectivity index (χ3n) is 1.96. The van der Waals surface area contributed by atoms with Crippen LogP contribution in [0.15, 0.2) is 4.34 Å². The number of esters is 1. The predicted octanol–water partition coefficient (Wildman–Crippen LogP) is 2.65. The Hall–Kier alpha value is -0.820. The van der Waals surface area contributed by atoms with E-state index in [4.69, 9.17) is 4.74 Å². The van der Waals surface area contributed by atoms with E-state index in [-0.39, 0.29) is 11.2 Å². The van der Waals surface area contributed by atoms with Crippen molar-refractivity contribution in [3.05, 3.63) is 0 Å². The third-order valence-corrected chi connectivity index (χ3v) is 4.01. The molecule has 7 heteroatoms. The molecule has 0 aliphatic carbocycles. The Labute approximate surface area is 116 Å². The van der Waals surface area contributed by atoms with Gasteiger partial charge in [0.1, 0.15) is 5.25 Å². The minimum Gasteiger partial charge on any atom is -0.465 e. The number of nitrogens with zero attached hydrogens (tertiary/aromatic N) is 2. The first-order valence-electron chi connectivity index (χ1n) is 5.93. The second kappa shape index (κ2) is 7.58. The van der Waals surface area contributed by atoms with Gasteiger partial charge in [-0.15, -0.1) is 10.2 Å². The van der Waals surface area contributed by atoms with Gasteiger partial charge in [0.25, 0.3) is 0 Å². The second-order valence-corrected chi connectivity index (χ2v) is 6.73. The Morgan fingerprint density at radius 3 is 2.78 bits per heavy atom. The summed E-state index contributed by atoms with van der Waals surface area (Å²) in [6.45, 7) is 9.15. The first-order chi connectivity index (χ1) is 8.52. The lowest BCUT2D eigenvalue weighted by Gasteiger charge is -2.07. The van der Waals surface area contributed by atoms with Crippen LogP contribution in [0.3, 0.4) is 0 Å². The van der Waals surface area contributed by atoms with Crippen LogP contribution in [0.4, 0.5) is 5.13 Å². The van der Waals surface area contributed by atoms with Gasteiger partial charge in [0.15, 0.2) is 4.34 Å². The number of anilines is 1. The molecule has 1 aromatic rings. The Bertz CT molecular complexity index is 382. The molecule has 102 valence electrons. The highest BCUT2D eigenvalue weighted by Crippen LogP contribution is 2.29. The van der Waals surface area contributed by atoms with E-state index >= 15 is 0 Å². The maximum absolute atomic E-state index is 11.5. The van der Waals surface area contributed by atoms with E-state index in [1.165, 1.54) is 23.1 Å². The lowest BCUT2D eigenvalue weighted by Crippen LogP contribution is -2.16. The Morgan fingerprint density at radius 1 is 1.44 bits per heavy atom. The van der Waals surface area contributed by atoms with Gasteiger partial charge in [0, 0.05) is 6.54 Å². The highest BCUT2D eigenvalue weighted by atomic mass is 32.2. The summed E-state index contributed by atoms with van der Waals surface area (Å²) < 4.78 is 5.72. The number of carbonyl (C=O) groups is 1. The van der Waals surface area contributed by atoms with E-state index < -0.39 is 0 Å². The molecule has 0 saturated carbocycles. The summed E-state index contributed by atoms with van der Waals surface area (Å²) in [6.07, 6.45) is 0. The van der Waals surface area contributed by atoms with E-state index in [1.807, 2.05) is 6.92 Å². The lowest BCUT2D eigenvalue weighted by molar-refractivity contribution is -0.142. The highest BCUT2D eigenvalue weighted by Gasteiger charge is 2.18. The highest BCUT2D eigenvalue weighted by molar-refractivity contribution is 8.02. The normalized spacial score (nSPS) is 12.5. The van der Waals surface area contributed by atoms with Crippen molar-refractivity contribution in [2.24, 2.45) is 5.92 Å². The van der Waals surface area contributed by atoms with Gasteiger partial charge in [-0.3, -0.25) is 4.79 Å². The fourth-order valence-electron chi connectivity index (χ4n) is 1.08. The molecule has 0 saturated heterocycles. The summed E-state index contributed by atoms with van der Waals surface area (Å²) >= 11 is 2.84. The zero-order chi connectivity index (χ0) is 13.5. The molecule has 1 aromatic heterocycles. The molecule has 5 nitrogen and oxygen atoms in total. The third kappa shape index (κ3) is 5.22. The van der Waals surface area contributed by atoms with Crippen LogP contribution in [0.2, 0.25) is 0 Å². The monoisotopic (exact) mass is 289 g/mol. The SMILES string of the molecule is CCOC(=O)C(C)Sc1nnc(NCC(C)C)s1. The molecule has 0 radical (unpaired) electrons. The van der Waals surface area contributed by atoms with Crippen molar-refractivity contribution in [3.8, 4) is 0 Å². The minimum atomic E-state index is -0.254. The second-order valence-electron chi connectivity index (χ2n) is 4.16. The van der Waals surface area contributed by atoms with Gasteiger partial charge < -0.3 is 10.1 Å². The number of rotatable bonds is 7. The molecule has 0 bridgehead atoms. The van der Waals surface area contributed by atoms with Crippen LogP contribution in [0.25, 0.3) is 0 Å². The van der Waals surface area contributed by atoms with E-state index in [9.17, 15) is 4.79 Å². The zero-order valence-electron chi connectivity index (χ0n) is 11.1.